The molecule has 0 saturated heterocycles. The molecule has 2 aromatic carbocycles. The lowest BCUT2D eigenvalue weighted by Crippen LogP contribution is -2.22. The number of nitrogens with zero attached hydrogens (tertiary/aromatic N) is 2. The van der Waals surface area contributed by atoms with Gasteiger partial charge in [0.15, 0.2) is 0 Å². The van der Waals surface area contributed by atoms with Gasteiger partial charge in [0.1, 0.15) is 0 Å². The lowest BCUT2D eigenvalue weighted by atomic mass is 10.2. The van der Waals surface area contributed by atoms with E-state index in [1.54, 1.807) is 17.8 Å². The number of benzene rings is 2. The molecule has 4 nitrogen and oxygen atoms in total. The molecule has 0 bridgehead atoms. The Kier molecular flexibility index (Phi) is 3.20. The third-order valence-electron chi connectivity index (χ3n) is 2.62. The van der Waals surface area contributed by atoms with Gasteiger partial charge in [-0.15, -0.1) is 0 Å². The van der Waals surface area contributed by atoms with Crippen LogP contribution in [0.25, 0.3) is 17.1 Å². The first kappa shape index (κ1) is 11.8. The summed E-state index contributed by atoms with van der Waals surface area (Å²) >= 11 is 1.63. The highest BCUT2D eigenvalue weighted by Gasteiger charge is 2.07. The smallest absolute Gasteiger partial charge is 0.249 e. The van der Waals surface area contributed by atoms with E-state index >= 15 is 0 Å². The molecule has 0 fully saturated rings. The SMILES string of the molecule is [O-][n+]1onc2cc(/C=C\Sc3ccccc3)ccc21. The maximum atomic E-state index is 11.2. The molecule has 0 aliphatic heterocycles. The Morgan fingerprint density at radius 2 is 2.00 bits per heavy atom. The first-order valence-corrected chi connectivity index (χ1v) is 6.59. The Morgan fingerprint density at radius 1 is 1.16 bits per heavy atom. The van der Waals surface area contributed by atoms with Crippen molar-refractivity contribution < 1.29 is 9.53 Å². The van der Waals surface area contributed by atoms with Crippen molar-refractivity contribution in [1.29, 1.82) is 0 Å². The van der Waals surface area contributed by atoms with Crippen LogP contribution in [0, 0.1) is 5.21 Å². The summed E-state index contributed by atoms with van der Waals surface area (Å²) in [6.45, 7) is 0. The summed E-state index contributed by atoms with van der Waals surface area (Å²) in [6, 6.07) is 15.5. The molecule has 0 unspecified atom stereocenters. The van der Waals surface area contributed by atoms with Crippen LogP contribution >= 0.6 is 11.8 Å². The van der Waals surface area contributed by atoms with E-state index in [1.807, 2.05) is 41.8 Å². The Morgan fingerprint density at radius 3 is 2.84 bits per heavy atom. The Balaban J connectivity index is 1.78. The van der Waals surface area contributed by atoms with Gasteiger partial charge < -0.3 is 5.21 Å². The van der Waals surface area contributed by atoms with Crippen molar-refractivity contribution in [3.05, 3.63) is 64.7 Å². The van der Waals surface area contributed by atoms with Gasteiger partial charge in [-0.3, -0.25) is 4.63 Å². The van der Waals surface area contributed by atoms with Crippen LogP contribution in [0.5, 0.6) is 0 Å². The van der Waals surface area contributed by atoms with Gasteiger partial charge in [-0.05, 0) is 40.1 Å². The van der Waals surface area contributed by atoms with E-state index in [0.29, 0.717) is 15.9 Å². The van der Waals surface area contributed by atoms with Gasteiger partial charge in [0, 0.05) is 16.1 Å². The molecule has 0 atom stereocenters. The molecule has 3 aromatic rings. The average Bonchev–Trinajstić information content (AvgIpc) is 2.81. The van der Waals surface area contributed by atoms with Gasteiger partial charge in [-0.25, -0.2) is 0 Å². The summed E-state index contributed by atoms with van der Waals surface area (Å²) in [5.41, 5.74) is 1.97. The van der Waals surface area contributed by atoms with Crippen LogP contribution < -0.4 is 4.90 Å². The third kappa shape index (κ3) is 2.61. The first-order chi connectivity index (χ1) is 9.33. The lowest BCUT2D eigenvalue weighted by Gasteiger charge is -1.94. The minimum atomic E-state index is 0.404. The van der Waals surface area contributed by atoms with Crippen molar-refractivity contribution in [3.8, 4) is 0 Å². The molecule has 3 rings (SSSR count). The highest BCUT2D eigenvalue weighted by Crippen LogP contribution is 2.20. The molecule has 94 valence electrons. The van der Waals surface area contributed by atoms with Crippen LogP contribution in [0.4, 0.5) is 0 Å². The monoisotopic (exact) mass is 270 g/mol. The van der Waals surface area contributed by atoms with Gasteiger partial charge in [-0.2, -0.15) is 0 Å². The molecule has 0 aliphatic carbocycles. The van der Waals surface area contributed by atoms with Crippen LogP contribution in [-0.4, -0.2) is 5.16 Å². The van der Waals surface area contributed by atoms with Gasteiger partial charge >= 0.3 is 0 Å². The van der Waals surface area contributed by atoms with Gasteiger partial charge in [0.2, 0.25) is 11.0 Å². The predicted molar refractivity (Wildman–Crippen MR) is 74.3 cm³/mol. The van der Waals surface area contributed by atoms with Gasteiger partial charge in [0.05, 0.1) is 0 Å². The molecule has 0 saturated carbocycles. The molecule has 19 heavy (non-hydrogen) atoms. The number of fused-ring (bicyclic) bond motifs is 1. The number of thioether (sulfide) groups is 1. The second-order valence-corrected chi connectivity index (χ2v) is 4.89. The van der Waals surface area contributed by atoms with E-state index in [9.17, 15) is 5.21 Å². The van der Waals surface area contributed by atoms with Crippen LogP contribution in [0.3, 0.4) is 0 Å². The molecule has 5 heteroatoms. The fourth-order valence-electron chi connectivity index (χ4n) is 1.69. The molecule has 1 aromatic heterocycles. The van der Waals surface area contributed by atoms with Crippen molar-refractivity contribution >= 4 is 28.9 Å². The molecule has 0 amide bonds. The van der Waals surface area contributed by atoms with Gasteiger partial charge in [0.25, 0.3) is 0 Å². The molecular formula is C14H10N2O2S. The quantitative estimate of drug-likeness (QED) is 0.541. The van der Waals surface area contributed by atoms with Crippen molar-refractivity contribution in [2.75, 3.05) is 0 Å². The molecule has 1 heterocycles. The lowest BCUT2D eigenvalue weighted by molar-refractivity contribution is -0.782. The second kappa shape index (κ2) is 5.16. The normalized spacial score (nSPS) is 11.4. The summed E-state index contributed by atoms with van der Waals surface area (Å²) in [5.74, 6) is 0. The highest BCUT2D eigenvalue weighted by atomic mass is 32.2. The topological polar surface area (TPSA) is 53.0 Å². The fourth-order valence-corrected chi connectivity index (χ4v) is 2.38. The minimum Gasteiger partial charge on any atom is -0.359 e. The van der Waals surface area contributed by atoms with E-state index in [0.717, 1.165) is 5.56 Å². The van der Waals surface area contributed by atoms with E-state index in [4.69, 9.17) is 0 Å². The fraction of sp³-hybridized carbons (Fsp3) is 0. The molecule has 0 radical (unpaired) electrons. The molecule has 0 spiro atoms. The summed E-state index contributed by atoms with van der Waals surface area (Å²) < 4.78 is 4.53. The summed E-state index contributed by atoms with van der Waals surface area (Å²) in [4.78, 5) is 1.58. The zero-order chi connectivity index (χ0) is 13.1. The Bertz CT molecular complexity index is 723. The largest absolute Gasteiger partial charge is 0.359 e. The maximum absolute atomic E-state index is 11.2. The predicted octanol–water partition coefficient (Wildman–Crippen LogP) is 3.22. The molecule has 0 aliphatic rings. The van der Waals surface area contributed by atoms with Crippen molar-refractivity contribution in [1.82, 2.24) is 5.16 Å². The number of hydrogen-bond donors (Lipinski definition) is 0. The van der Waals surface area contributed by atoms with Crippen LogP contribution in [0.15, 0.2) is 63.5 Å². The second-order valence-electron chi connectivity index (χ2n) is 3.91. The Hall–Kier alpha value is -2.27. The van der Waals surface area contributed by atoms with E-state index in [2.05, 4.69) is 21.9 Å². The number of rotatable bonds is 3. The molecule has 0 N–H and O–H groups in total. The highest BCUT2D eigenvalue weighted by molar-refractivity contribution is 8.02. The average molecular weight is 270 g/mol. The zero-order valence-electron chi connectivity index (χ0n) is 9.89. The van der Waals surface area contributed by atoms with Gasteiger partial charge in [-0.1, -0.05) is 36.0 Å². The number of hydrogen-bond acceptors (Lipinski definition) is 4. The third-order valence-corrected chi connectivity index (χ3v) is 3.43. The van der Waals surface area contributed by atoms with E-state index in [-0.39, 0.29) is 0 Å². The van der Waals surface area contributed by atoms with Crippen molar-refractivity contribution in [2.45, 2.75) is 4.90 Å². The van der Waals surface area contributed by atoms with Crippen LogP contribution in [-0.2, 0) is 0 Å². The Labute approximate surface area is 113 Å². The van der Waals surface area contributed by atoms with Crippen LogP contribution in [0.2, 0.25) is 0 Å². The maximum Gasteiger partial charge on any atom is 0.249 e. The van der Waals surface area contributed by atoms with Crippen LogP contribution in [0.1, 0.15) is 5.56 Å². The van der Waals surface area contributed by atoms with E-state index in [1.165, 1.54) is 4.90 Å². The standard InChI is InChI=1S/C14H10N2O2S/c17-16-14-7-6-11(10-13(14)15-18-16)8-9-19-12-4-2-1-3-5-12/h1-10H/b9-8-. The minimum absolute atomic E-state index is 0.404. The number of aromatic nitrogens is 2. The summed E-state index contributed by atoms with van der Waals surface area (Å²) in [5, 5.41) is 16.8. The molecular weight excluding hydrogens is 260 g/mol. The zero-order valence-corrected chi connectivity index (χ0v) is 10.7. The van der Waals surface area contributed by atoms with Crippen molar-refractivity contribution in [3.63, 3.8) is 0 Å². The van der Waals surface area contributed by atoms with Crippen molar-refractivity contribution in [2.24, 2.45) is 0 Å². The first-order valence-electron chi connectivity index (χ1n) is 5.71. The van der Waals surface area contributed by atoms with E-state index < -0.39 is 0 Å². The summed E-state index contributed by atoms with van der Waals surface area (Å²) in [7, 11) is 0. The summed E-state index contributed by atoms with van der Waals surface area (Å²) in [6.07, 6.45) is 1.97.